The highest BCUT2D eigenvalue weighted by molar-refractivity contribution is 6.33. The van der Waals surface area contributed by atoms with E-state index in [1.165, 1.54) is 26.2 Å². The fourth-order valence-electron chi connectivity index (χ4n) is 4.77. The first-order valence-electron chi connectivity index (χ1n) is 12.7. The molecule has 1 aliphatic rings. The van der Waals surface area contributed by atoms with Crippen LogP contribution in [0.1, 0.15) is 55.5 Å². The number of hydrogen-bond donors (Lipinski definition) is 3. The second-order valence-electron chi connectivity index (χ2n) is 9.60. The molecule has 214 valence electrons. The molecule has 2 atom stereocenters. The number of methoxy groups -OCH3 is 3. The highest BCUT2D eigenvalue weighted by Crippen LogP contribution is 2.45. The quantitative estimate of drug-likeness (QED) is 0.307. The normalized spacial score (nSPS) is 19.9. The molecule has 2 amide bonds. The second kappa shape index (κ2) is 13.3. The van der Waals surface area contributed by atoms with E-state index >= 15 is 0 Å². The average molecular weight is 565 g/mol. The van der Waals surface area contributed by atoms with Gasteiger partial charge in [0, 0.05) is 32.1 Å². The van der Waals surface area contributed by atoms with Crippen LogP contribution in [0, 0.1) is 0 Å². The van der Waals surface area contributed by atoms with Gasteiger partial charge in [-0.1, -0.05) is 41.9 Å². The van der Waals surface area contributed by atoms with E-state index in [0.29, 0.717) is 23.5 Å². The van der Waals surface area contributed by atoms with Gasteiger partial charge < -0.3 is 39.4 Å². The number of urea groups is 1. The molecule has 1 unspecified atom stereocenters. The number of rotatable bonds is 13. The van der Waals surface area contributed by atoms with Gasteiger partial charge in [0.2, 0.25) is 0 Å². The van der Waals surface area contributed by atoms with Crippen LogP contribution in [0.2, 0.25) is 5.02 Å². The standard InChI is InChI=1S/C28H37ClN2O8/c1-17(21-13-22(37-4)23(18(2)32)25(38-5)24(21)29)31(11-12-39-16-19-9-7-6-8-10-19)27(35)30-28(26(33)34)14-20(15-28)36-3/h6-10,13,17-18,20,32H,11-12,14-16H2,1-5H3,(H,30,35)(H,33,34)/t17-,18?,20-,28-/m1/s1. The number of aliphatic carboxylic acids is 1. The molecule has 3 rings (SSSR count). The lowest BCUT2D eigenvalue weighted by molar-refractivity contribution is -0.155. The SMILES string of the molecule is COc1cc([C@@H](C)N(CCOCc2ccccc2)C(=O)N[C@]2(C(=O)O)C[C@@H](OC)C2)c(Cl)c(OC)c1C(C)O. The van der Waals surface area contributed by atoms with Crippen LogP contribution < -0.4 is 14.8 Å². The maximum atomic E-state index is 13.6. The Morgan fingerprint density at radius 2 is 1.82 bits per heavy atom. The first-order valence-corrected chi connectivity index (χ1v) is 13.0. The van der Waals surface area contributed by atoms with E-state index in [0.717, 1.165) is 5.56 Å². The van der Waals surface area contributed by atoms with E-state index in [1.807, 2.05) is 30.3 Å². The molecule has 10 nitrogen and oxygen atoms in total. The Balaban J connectivity index is 1.91. The van der Waals surface area contributed by atoms with Crippen molar-refractivity contribution in [3.05, 3.63) is 58.1 Å². The van der Waals surface area contributed by atoms with Gasteiger partial charge in [-0.15, -0.1) is 0 Å². The second-order valence-corrected chi connectivity index (χ2v) is 9.97. The van der Waals surface area contributed by atoms with Gasteiger partial charge in [-0.2, -0.15) is 0 Å². The van der Waals surface area contributed by atoms with Gasteiger partial charge in [0.05, 0.1) is 56.3 Å². The van der Waals surface area contributed by atoms with Crippen LogP contribution in [0.25, 0.3) is 0 Å². The minimum absolute atomic E-state index is 0.141. The molecule has 2 aromatic rings. The molecule has 1 fully saturated rings. The molecule has 0 spiro atoms. The van der Waals surface area contributed by atoms with Crippen LogP contribution in [0.15, 0.2) is 36.4 Å². The molecule has 1 aliphatic carbocycles. The molecule has 3 N–H and O–H groups in total. The molecule has 2 aromatic carbocycles. The predicted octanol–water partition coefficient (Wildman–Crippen LogP) is 4.33. The number of halogens is 1. The topological polar surface area (TPSA) is 127 Å². The number of nitrogens with zero attached hydrogens (tertiary/aromatic N) is 1. The summed E-state index contributed by atoms with van der Waals surface area (Å²) in [7, 11) is 4.41. The zero-order valence-electron chi connectivity index (χ0n) is 22.9. The van der Waals surface area contributed by atoms with E-state index in [2.05, 4.69) is 5.32 Å². The number of hydrogen-bond acceptors (Lipinski definition) is 7. The Morgan fingerprint density at radius 3 is 2.36 bits per heavy atom. The molecule has 0 bridgehead atoms. The highest BCUT2D eigenvalue weighted by atomic mass is 35.5. The third kappa shape index (κ3) is 6.75. The Kier molecular flexibility index (Phi) is 10.4. The van der Waals surface area contributed by atoms with Gasteiger partial charge >= 0.3 is 12.0 Å². The summed E-state index contributed by atoms with van der Waals surface area (Å²) in [5.41, 5.74) is 0.433. The third-order valence-corrected chi connectivity index (χ3v) is 7.49. The zero-order valence-corrected chi connectivity index (χ0v) is 23.7. The number of amides is 2. The molecule has 0 aliphatic heterocycles. The van der Waals surface area contributed by atoms with Crippen molar-refractivity contribution < 1.29 is 38.7 Å². The summed E-state index contributed by atoms with van der Waals surface area (Å²) >= 11 is 6.74. The minimum Gasteiger partial charge on any atom is -0.496 e. The summed E-state index contributed by atoms with van der Waals surface area (Å²) in [6.07, 6.45) is -0.867. The monoisotopic (exact) mass is 564 g/mol. The van der Waals surface area contributed by atoms with Crippen molar-refractivity contribution in [1.82, 2.24) is 10.2 Å². The Labute approximate surface area is 233 Å². The summed E-state index contributed by atoms with van der Waals surface area (Å²) in [6, 6.07) is 10.0. The predicted molar refractivity (Wildman–Crippen MR) is 145 cm³/mol. The number of carbonyl (C=O) groups is 2. The smallest absolute Gasteiger partial charge is 0.329 e. The van der Waals surface area contributed by atoms with Gasteiger partial charge in [0.25, 0.3) is 0 Å². The fourth-order valence-corrected chi connectivity index (χ4v) is 5.16. The van der Waals surface area contributed by atoms with Crippen LogP contribution in [0.5, 0.6) is 11.5 Å². The van der Waals surface area contributed by atoms with Crippen LogP contribution in [0.3, 0.4) is 0 Å². The van der Waals surface area contributed by atoms with Crippen molar-refractivity contribution in [2.75, 3.05) is 34.5 Å². The van der Waals surface area contributed by atoms with Crippen LogP contribution >= 0.6 is 11.6 Å². The van der Waals surface area contributed by atoms with Gasteiger partial charge in [0.1, 0.15) is 17.0 Å². The molecule has 0 aromatic heterocycles. The fraction of sp³-hybridized carbons (Fsp3) is 0.500. The van der Waals surface area contributed by atoms with Crippen LogP contribution in [0.4, 0.5) is 4.79 Å². The summed E-state index contributed by atoms with van der Waals surface area (Å²) in [6.45, 7) is 4.02. The maximum Gasteiger partial charge on any atom is 0.329 e. The Hall–Kier alpha value is -3.05. The van der Waals surface area contributed by atoms with Gasteiger partial charge in [-0.05, 0) is 25.5 Å². The van der Waals surface area contributed by atoms with E-state index in [4.69, 9.17) is 30.5 Å². The van der Waals surface area contributed by atoms with Crippen molar-refractivity contribution in [1.29, 1.82) is 0 Å². The van der Waals surface area contributed by atoms with Crippen molar-refractivity contribution >= 4 is 23.6 Å². The van der Waals surface area contributed by atoms with Crippen LogP contribution in [-0.2, 0) is 20.9 Å². The average Bonchev–Trinajstić information content (AvgIpc) is 2.89. The maximum absolute atomic E-state index is 13.6. The van der Waals surface area contributed by atoms with E-state index in [-0.39, 0.29) is 42.9 Å². The number of aliphatic hydroxyl groups is 1. The van der Waals surface area contributed by atoms with Crippen molar-refractivity contribution in [3.8, 4) is 11.5 Å². The highest BCUT2D eigenvalue weighted by Gasteiger charge is 2.52. The third-order valence-electron chi connectivity index (χ3n) is 7.10. The number of nitrogens with one attached hydrogen (secondary N) is 1. The number of carboxylic acid groups (broad SMARTS) is 1. The number of carbonyl (C=O) groups excluding carboxylic acids is 1. The summed E-state index contributed by atoms with van der Waals surface area (Å²) < 4.78 is 22.1. The molecule has 1 saturated carbocycles. The number of carboxylic acids is 1. The number of aliphatic hydroxyl groups excluding tert-OH is 1. The first kappa shape index (κ1) is 30.5. The van der Waals surface area contributed by atoms with Crippen molar-refractivity contribution in [2.24, 2.45) is 0 Å². The molecule has 11 heteroatoms. The molecule has 39 heavy (non-hydrogen) atoms. The lowest BCUT2D eigenvalue weighted by Gasteiger charge is -2.45. The summed E-state index contributed by atoms with van der Waals surface area (Å²) in [5.74, 6) is -0.546. The molecule has 0 heterocycles. The van der Waals surface area contributed by atoms with E-state index < -0.39 is 29.7 Å². The van der Waals surface area contributed by atoms with E-state index in [9.17, 15) is 19.8 Å². The molecule has 0 radical (unpaired) electrons. The zero-order chi connectivity index (χ0) is 28.7. The lowest BCUT2D eigenvalue weighted by atomic mass is 9.74. The minimum atomic E-state index is -1.43. The Bertz CT molecular complexity index is 1140. The van der Waals surface area contributed by atoms with Crippen LogP contribution in [-0.4, -0.2) is 73.2 Å². The number of benzene rings is 2. The van der Waals surface area contributed by atoms with Gasteiger partial charge in [0.15, 0.2) is 0 Å². The van der Waals surface area contributed by atoms with Gasteiger partial charge in [-0.3, -0.25) is 0 Å². The largest absolute Gasteiger partial charge is 0.496 e. The molecular formula is C28H37ClN2O8. The van der Waals surface area contributed by atoms with Crippen molar-refractivity contribution in [2.45, 2.75) is 57.1 Å². The van der Waals surface area contributed by atoms with Gasteiger partial charge in [-0.25, -0.2) is 9.59 Å². The molecule has 0 saturated heterocycles. The summed E-state index contributed by atoms with van der Waals surface area (Å²) in [4.78, 5) is 27.2. The lowest BCUT2D eigenvalue weighted by Crippen LogP contribution is -2.66. The van der Waals surface area contributed by atoms with E-state index in [1.54, 1.807) is 19.9 Å². The van der Waals surface area contributed by atoms with Crippen molar-refractivity contribution in [3.63, 3.8) is 0 Å². The molecular weight excluding hydrogens is 528 g/mol. The first-order chi connectivity index (χ1) is 18.6. The number of ether oxygens (including phenoxy) is 4. The Morgan fingerprint density at radius 1 is 1.15 bits per heavy atom. The summed E-state index contributed by atoms with van der Waals surface area (Å²) in [5, 5.41) is 23.1.